The molecule has 2 aliphatic rings. The van der Waals surface area contributed by atoms with Gasteiger partial charge in [0.25, 0.3) is 0 Å². The van der Waals surface area contributed by atoms with Gasteiger partial charge in [0.1, 0.15) is 0 Å². The summed E-state index contributed by atoms with van der Waals surface area (Å²) in [5.74, 6) is 0.0838. The minimum absolute atomic E-state index is 0.0294. The lowest BCUT2D eigenvalue weighted by atomic mass is 10.0. The lowest BCUT2D eigenvalue weighted by Gasteiger charge is -2.26. The fourth-order valence-electron chi connectivity index (χ4n) is 2.19. The van der Waals surface area contributed by atoms with Gasteiger partial charge in [-0.3, -0.25) is 9.69 Å². The van der Waals surface area contributed by atoms with Gasteiger partial charge in [-0.1, -0.05) is 6.07 Å². The average Bonchev–Trinajstić information content (AvgIpc) is 2.73. The van der Waals surface area contributed by atoms with E-state index in [-0.39, 0.29) is 17.9 Å². The molecule has 0 spiro atoms. The minimum atomic E-state index is -0.0910. The van der Waals surface area contributed by atoms with Gasteiger partial charge in [-0.05, 0) is 18.2 Å². The summed E-state index contributed by atoms with van der Waals surface area (Å²) in [6.45, 7) is 2.78. The number of carbonyl (C=O) groups excluding carboxylic acids is 2. The first-order chi connectivity index (χ1) is 9.24. The molecule has 3 amide bonds. The molecule has 0 aromatic heterocycles. The van der Waals surface area contributed by atoms with Gasteiger partial charge in [0, 0.05) is 37.6 Å². The maximum atomic E-state index is 11.8. The van der Waals surface area contributed by atoms with Crippen LogP contribution in [0.2, 0.25) is 0 Å². The smallest absolute Gasteiger partial charge is 0.321 e. The third-order valence-corrected chi connectivity index (χ3v) is 3.43. The van der Waals surface area contributed by atoms with Crippen LogP contribution in [0.1, 0.15) is 0 Å². The van der Waals surface area contributed by atoms with Crippen LogP contribution in [0.4, 0.5) is 16.2 Å². The predicted octanol–water partition coefficient (Wildman–Crippen LogP) is 0.374. The third kappa shape index (κ3) is 2.39. The number of amides is 3. The Morgan fingerprint density at radius 1 is 1.37 bits per heavy atom. The van der Waals surface area contributed by atoms with Crippen LogP contribution in [0.15, 0.2) is 24.3 Å². The summed E-state index contributed by atoms with van der Waals surface area (Å²) in [5, 5.41) is 8.71. The molecular weight excluding hydrogens is 244 g/mol. The molecule has 0 aliphatic carbocycles. The van der Waals surface area contributed by atoms with Crippen LogP contribution in [0.25, 0.3) is 0 Å². The van der Waals surface area contributed by atoms with E-state index in [1.165, 1.54) is 0 Å². The maximum Gasteiger partial charge on any atom is 0.321 e. The van der Waals surface area contributed by atoms with Gasteiger partial charge in [-0.25, -0.2) is 4.79 Å². The quantitative estimate of drug-likeness (QED) is 0.735. The van der Waals surface area contributed by atoms with E-state index in [9.17, 15) is 9.59 Å². The minimum Gasteiger partial charge on any atom is -0.336 e. The van der Waals surface area contributed by atoms with Crippen molar-refractivity contribution in [3.63, 3.8) is 0 Å². The van der Waals surface area contributed by atoms with Crippen molar-refractivity contribution >= 4 is 23.3 Å². The number of urea groups is 1. The molecular formula is C13H16N4O2. The first-order valence-electron chi connectivity index (χ1n) is 6.41. The van der Waals surface area contributed by atoms with E-state index in [4.69, 9.17) is 0 Å². The van der Waals surface area contributed by atoms with Crippen molar-refractivity contribution in [2.24, 2.45) is 5.92 Å². The van der Waals surface area contributed by atoms with Crippen LogP contribution in [-0.2, 0) is 4.79 Å². The van der Waals surface area contributed by atoms with Crippen LogP contribution in [0, 0.1) is 5.92 Å². The Balaban J connectivity index is 1.72. The Labute approximate surface area is 111 Å². The lowest BCUT2D eigenvalue weighted by molar-refractivity contribution is -0.121. The molecule has 2 heterocycles. The number of nitrogens with one attached hydrogen (secondary N) is 3. The summed E-state index contributed by atoms with van der Waals surface area (Å²) in [6, 6.07) is 7.28. The average molecular weight is 260 g/mol. The number of nitrogens with zero attached hydrogens (tertiary/aromatic N) is 1. The number of benzene rings is 1. The molecule has 2 saturated heterocycles. The van der Waals surface area contributed by atoms with Crippen molar-refractivity contribution in [2.75, 3.05) is 36.4 Å². The largest absolute Gasteiger partial charge is 0.336 e. The molecule has 0 atom stereocenters. The van der Waals surface area contributed by atoms with E-state index in [0.717, 1.165) is 24.5 Å². The standard InChI is InChI=1S/C13H16N4O2/c18-12(9-7-14-8-9)16-10-2-1-3-11(6-10)17-5-4-15-13(17)19/h1-3,6,9,14H,4-5,7-8H2,(H,15,19)(H,16,18). The molecule has 3 N–H and O–H groups in total. The van der Waals surface area contributed by atoms with Gasteiger partial charge in [0.05, 0.1) is 5.92 Å². The molecule has 3 rings (SSSR count). The lowest BCUT2D eigenvalue weighted by Crippen LogP contribution is -2.48. The summed E-state index contributed by atoms with van der Waals surface area (Å²) in [5.41, 5.74) is 1.54. The van der Waals surface area contributed by atoms with Crippen LogP contribution in [0.3, 0.4) is 0 Å². The molecule has 19 heavy (non-hydrogen) atoms. The number of hydrogen-bond donors (Lipinski definition) is 3. The fourth-order valence-corrected chi connectivity index (χ4v) is 2.19. The highest BCUT2D eigenvalue weighted by Crippen LogP contribution is 2.21. The number of hydrogen-bond acceptors (Lipinski definition) is 3. The Morgan fingerprint density at radius 3 is 2.84 bits per heavy atom. The van der Waals surface area contributed by atoms with E-state index >= 15 is 0 Å². The Hall–Kier alpha value is -2.08. The van der Waals surface area contributed by atoms with Crippen molar-refractivity contribution in [1.29, 1.82) is 0 Å². The van der Waals surface area contributed by atoms with Crippen molar-refractivity contribution in [3.8, 4) is 0 Å². The molecule has 6 nitrogen and oxygen atoms in total. The predicted molar refractivity (Wildman–Crippen MR) is 72.2 cm³/mol. The Bertz CT molecular complexity index is 513. The van der Waals surface area contributed by atoms with Gasteiger partial charge in [-0.2, -0.15) is 0 Å². The van der Waals surface area contributed by atoms with E-state index in [1.807, 2.05) is 24.3 Å². The topological polar surface area (TPSA) is 73.5 Å². The highest BCUT2D eigenvalue weighted by molar-refractivity contribution is 5.97. The second-order valence-electron chi connectivity index (χ2n) is 4.78. The molecule has 2 aliphatic heterocycles. The van der Waals surface area contributed by atoms with Gasteiger partial charge >= 0.3 is 6.03 Å². The van der Waals surface area contributed by atoms with Gasteiger partial charge in [-0.15, -0.1) is 0 Å². The zero-order valence-electron chi connectivity index (χ0n) is 10.5. The first kappa shape index (κ1) is 12.0. The summed E-state index contributed by atoms with van der Waals surface area (Å²) < 4.78 is 0. The van der Waals surface area contributed by atoms with Crippen molar-refractivity contribution in [3.05, 3.63) is 24.3 Å². The Morgan fingerprint density at radius 2 is 2.21 bits per heavy atom. The molecule has 0 saturated carbocycles. The van der Waals surface area contributed by atoms with E-state index in [0.29, 0.717) is 13.1 Å². The van der Waals surface area contributed by atoms with Crippen molar-refractivity contribution in [2.45, 2.75) is 0 Å². The molecule has 1 aromatic rings. The SMILES string of the molecule is O=C(Nc1cccc(N2CCNC2=O)c1)C1CNC1. The fraction of sp³-hybridized carbons (Fsp3) is 0.385. The number of anilines is 2. The van der Waals surface area contributed by atoms with Gasteiger partial charge in [0.15, 0.2) is 0 Å². The highest BCUT2D eigenvalue weighted by Gasteiger charge is 2.25. The monoisotopic (exact) mass is 260 g/mol. The molecule has 2 fully saturated rings. The number of carbonyl (C=O) groups is 2. The zero-order chi connectivity index (χ0) is 13.2. The first-order valence-corrected chi connectivity index (χ1v) is 6.41. The zero-order valence-corrected chi connectivity index (χ0v) is 10.5. The summed E-state index contributed by atoms with van der Waals surface area (Å²) in [6.07, 6.45) is 0. The van der Waals surface area contributed by atoms with Crippen LogP contribution in [-0.4, -0.2) is 38.1 Å². The third-order valence-electron chi connectivity index (χ3n) is 3.43. The number of rotatable bonds is 3. The molecule has 0 radical (unpaired) electrons. The summed E-state index contributed by atoms with van der Waals surface area (Å²) in [4.78, 5) is 25.1. The van der Waals surface area contributed by atoms with E-state index in [2.05, 4.69) is 16.0 Å². The van der Waals surface area contributed by atoms with Crippen LogP contribution >= 0.6 is 0 Å². The van der Waals surface area contributed by atoms with E-state index in [1.54, 1.807) is 4.90 Å². The molecule has 0 bridgehead atoms. The molecule has 100 valence electrons. The van der Waals surface area contributed by atoms with Crippen molar-refractivity contribution < 1.29 is 9.59 Å². The Kier molecular flexibility index (Phi) is 3.08. The van der Waals surface area contributed by atoms with E-state index < -0.39 is 0 Å². The van der Waals surface area contributed by atoms with Crippen LogP contribution in [0.5, 0.6) is 0 Å². The second-order valence-corrected chi connectivity index (χ2v) is 4.78. The maximum absolute atomic E-state index is 11.8. The molecule has 0 unspecified atom stereocenters. The molecule has 1 aromatic carbocycles. The summed E-state index contributed by atoms with van der Waals surface area (Å²) >= 11 is 0. The van der Waals surface area contributed by atoms with Crippen molar-refractivity contribution in [1.82, 2.24) is 10.6 Å². The second kappa shape index (κ2) is 4.89. The normalized spacial score (nSPS) is 18.9. The van der Waals surface area contributed by atoms with Gasteiger partial charge < -0.3 is 16.0 Å². The van der Waals surface area contributed by atoms with Crippen LogP contribution < -0.4 is 20.9 Å². The highest BCUT2D eigenvalue weighted by atomic mass is 16.2. The summed E-state index contributed by atoms with van der Waals surface area (Å²) in [7, 11) is 0. The van der Waals surface area contributed by atoms with Gasteiger partial charge in [0.2, 0.25) is 5.91 Å². The molecule has 6 heteroatoms.